The fraction of sp³-hybridized carbons (Fsp3) is 0.538. The zero-order chi connectivity index (χ0) is 12.1. The summed E-state index contributed by atoms with van der Waals surface area (Å²) < 4.78 is 19.2. The number of benzene rings is 1. The lowest BCUT2D eigenvalue weighted by atomic mass is 9.99. The predicted octanol–water partition coefficient (Wildman–Crippen LogP) is 2.29. The molecule has 0 aliphatic carbocycles. The standard InChI is InChI=1S/C13H19FN2O/c14-12-6-2-1-5-11(12)13(16-15)8-7-10-4-3-9-17-10/h1-2,5-6,10,13,16H,3-4,7-9,15H2. The summed E-state index contributed by atoms with van der Waals surface area (Å²) in [6, 6.07) is 6.61. The molecule has 0 bridgehead atoms. The van der Waals surface area contributed by atoms with Crippen molar-refractivity contribution < 1.29 is 9.13 Å². The third-order valence-electron chi connectivity index (χ3n) is 3.28. The van der Waals surface area contributed by atoms with Crippen LogP contribution < -0.4 is 11.3 Å². The van der Waals surface area contributed by atoms with Crippen molar-refractivity contribution in [2.75, 3.05) is 6.61 Å². The van der Waals surface area contributed by atoms with E-state index in [9.17, 15) is 4.39 Å². The zero-order valence-corrected chi connectivity index (χ0v) is 9.86. The SMILES string of the molecule is NNC(CCC1CCCO1)c1ccccc1F. The van der Waals surface area contributed by atoms with E-state index in [0.29, 0.717) is 11.7 Å². The van der Waals surface area contributed by atoms with Crippen molar-refractivity contribution >= 4 is 0 Å². The molecule has 4 heteroatoms. The van der Waals surface area contributed by atoms with Crippen LogP contribution in [0.4, 0.5) is 4.39 Å². The fourth-order valence-corrected chi connectivity index (χ4v) is 2.31. The van der Waals surface area contributed by atoms with Crippen LogP contribution in [0.2, 0.25) is 0 Å². The quantitative estimate of drug-likeness (QED) is 0.611. The molecule has 1 heterocycles. The van der Waals surface area contributed by atoms with E-state index in [1.807, 2.05) is 6.07 Å². The molecule has 0 spiro atoms. The Balaban J connectivity index is 1.94. The molecule has 17 heavy (non-hydrogen) atoms. The van der Waals surface area contributed by atoms with Crippen LogP contribution in [-0.2, 0) is 4.74 Å². The highest BCUT2D eigenvalue weighted by Gasteiger charge is 2.19. The highest BCUT2D eigenvalue weighted by Crippen LogP contribution is 2.24. The first-order valence-corrected chi connectivity index (χ1v) is 6.13. The summed E-state index contributed by atoms with van der Waals surface area (Å²) in [6.45, 7) is 0.852. The molecular weight excluding hydrogens is 219 g/mol. The van der Waals surface area contributed by atoms with Crippen LogP contribution in [0.25, 0.3) is 0 Å². The lowest BCUT2D eigenvalue weighted by Crippen LogP contribution is -2.29. The molecule has 2 rings (SSSR count). The van der Waals surface area contributed by atoms with Crippen LogP contribution in [0.5, 0.6) is 0 Å². The van der Waals surface area contributed by atoms with Gasteiger partial charge in [0, 0.05) is 18.2 Å². The first kappa shape index (κ1) is 12.5. The number of nitrogens with one attached hydrogen (secondary N) is 1. The monoisotopic (exact) mass is 238 g/mol. The largest absolute Gasteiger partial charge is 0.378 e. The maximum Gasteiger partial charge on any atom is 0.128 e. The van der Waals surface area contributed by atoms with Crippen LogP contribution in [-0.4, -0.2) is 12.7 Å². The summed E-state index contributed by atoms with van der Waals surface area (Å²) in [5.41, 5.74) is 3.32. The van der Waals surface area contributed by atoms with E-state index in [0.717, 1.165) is 32.3 Å². The van der Waals surface area contributed by atoms with Crippen molar-refractivity contribution in [2.24, 2.45) is 5.84 Å². The average Bonchev–Trinajstić information content (AvgIpc) is 2.85. The lowest BCUT2D eigenvalue weighted by molar-refractivity contribution is 0.0995. The smallest absolute Gasteiger partial charge is 0.128 e. The first-order valence-electron chi connectivity index (χ1n) is 6.13. The van der Waals surface area contributed by atoms with Crippen molar-refractivity contribution in [3.05, 3.63) is 35.6 Å². The molecule has 1 aromatic rings. The number of halogens is 1. The molecule has 3 N–H and O–H groups in total. The molecule has 1 fully saturated rings. The molecule has 3 nitrogen and oxygen atoms in total. The second-order valence-corrected chi connectivity index (χ2v) is 4.45. The summed E-state index contributed by atoms with van der Waals surface area (Å²) >= 11 is 0. The summed E-state index contributed by atoms with van der Waals surface area (Å²) in [7, 11) is 0. The van der Waals surface area contributed by atoms with Gasteiger partial charge in [0.05, 0.1) is 6.10 Å². The van der Waals surface area contributed by atoms with Gasteiger partial charge in [-0.2, -0.15) is 0 Å². The highest BCUT2D eigenvalue weighted by molar-refractivity contribution is 5.20. The zero-order valence-electron chi connectivity index (χ0n) is 9.86. The third-order valence-corrected chi connectivity index (χ3v) is 3.28. The molecule has 0 radical (unpaired) electrons. The van der Waals surface area contributed by atoms with E-state index >= 15 is 0 Å². The molecule has 2 atom stereocenters. The third kappa shape index (κ3) is 3.25. The lowest BCUT2D eigenvalue weighted by Gasteiger charge is -2.18. The van der Waals surface area contributed by atoms with Crippen LogP contribution in [0.15, 0.2) is 24.3 Å². The van der Waals surface area contributed by atoms with Crippen molar-refractivity contribution in [1.82, 2.24) is 5.43 Å². The second-order valence-electron chi connectivity index (χ2n) is 4.45. The van der Waals surface area contributed by atoms with E-state index in [2.05, 4.69) is 5.43 Å². The Bertz CT molecular complexity index is 353. The maximum atomic E-state index is 13.6. The van der Waals surface area contributed by atoms with E-state index in [1.54, 1.807) is 12.1 Å². The Labute approximate surface area is 101 Å². The van der Waals surface area contributed by atoms with Crippen molar-refractivity contribution in [1.29, 1.82) is 0 Å². The average molecular weight is 238 g/mol. The normalized spacial score (nSPS) is 21.6. The first-order chi connectivity index (χ1) is 8.31. The Morgan fingerprint density at radius 2 is 2.29 bits per heavy atom. The number of hydrogen-bond donors (Lipinski definition) is 2. The molecule has 0 amide bonds. The van der Waals surface area contributed by atoms with Crippen LogP contribution in [0.3, 0.4) is 0 Å². The number of nitrogens with two attached hydrogens (primary N) is 1. The van der Waals surface area contributed by atoms with Gasteiger partial charge in [-0.1, -0.05) is 18.2 Å². The molecule has 1 aromatic carbocycles. The minimum absolute atomic E-state index is 0.139. The van der Waals surface area contributed by atoms with Crippen molar-refractivity contribution in [2.45, 2.75) is 37.8 Å². The summed E-state index contributed by atoms with van der Waals surface area (Å²) in [5, 5.41) is 0. The number of ether oxygens (including phenoxy) is 1. The summed E-state index contributed by atoms with van der Waals surface area (Å²) in [5.74, 6) is 5.30. The highest BCUT2D eigenvalue weighted by atomic mass is 19.1. The molecule has 0 aromatic heterocycles. The molecular formula is C13H19FN2O. The Hall–Kier alpha value is -0.970. The molecule has 2 unspecified atom stereocenters. The van der Waals surface area contributed by atoms with E-state index in [-0.39, 0.29) is 11.9 Å². The molecule has 1 saturated heterocycles. The predicted molar refractivity (Wildman–Crippen MR) is 64.7 cm³/mol. The van der Waals surface area contributed by atoms with Gasteiger partial charge in [0.2, 0.25) is 0 Å². The number of rotatable bonds is 5. The van der Waals surface area contributed by atoms with Gasteiger partial charge in [-0.15, -0.1) is 0 Å². The van der Waals surface area contributed by atoms with Crippen molar-refractivity contribution in [3.63, 3.8) is 0 Å². The van der Waals surface area contributed by atoms with Crippen LogP contribution in [0.1, 0.15) is 37.3 Å². The number of hydrazine groups is 1. The number of hydrogen-bond acceptors (Lipinski definition) is 3. The van der Waals surface area contributed by atoms with Crippen molar-refractivity contribution in [3.8, 4) is 0 Å². The maximum absolute atomic E-state index is 13.6. The van der Waals surface area contributed by atoms with Gasteiger partial charge in [-0.05, 0) is 31.7 Å². The van der Waals surface area contributed by atoms with Gasteiger partial charge in [-0.25, -0.2) is 4.39 Å². The molecule has 1 aliphatic rings. The Morgan fingerprint density at radius 1 is 1.47 bits per heavy atom. The van der Waals surface area contributed by atoms with Crippen LogP contribution in [0, 0.1) is 5.82 Å². The van der Waals surface area contributed by atoms with Gasteiger partial charge in [0.25, 0.3) is 0 Å². The van der Waals surface area contributed by atoms with Gasteiger partial charge >= 0.3 is 0 Å². The Kier molecular flexibility index (Phi) is 4.48. The molecule has 0 saturated carbocycles. The van der Waals surface area contributed by atoms with Gasteiger partial charge in [0.15, 0.2) is 0 Å². The summed E-state index contributed by atoms with van der Waals surface area (Å²) in [6.07, 6.45) is 4.27. The Morgan fingerprint density at radius 3 is 2.94 bits per heavy atom. The fourth-order valence-electron chi connectivity index (χ4n) is 2.31. The second kappa shape index (κ2) is 6.10. The minimum Gasteiger partial charge on any atom is -0.378 e. The van der Waals surface area contributed by atoms with E-state index in [1.165, 1.54) is 6.07 Å². The summed E-state index contributed by atoms with van der Waals surface area (Å²) in [4.78, 5) is 0. The van der Waals surface area contributed by atoms with E-state index in [4.69, 9.17) is 10.6 Å². The van der Waals surface area contributed by atoms with Gasteiger partial charge in [0.1, 0.15) is 5.82 Å². The van der Waals surface area contributed by atoms with Gasteiger partial charge in [-0.3, -0.25) is 11.3 Å². The molecule has 94 valence electrons. The van der Waals surface area contributed by atoms with E-state index < -0.39 is 0 Å². The topological polar surface area (TPSA) is 47.3 Å². The van der Waals surface area contributed by atoms with Gasteiger partial charge < -0.3 is 4.74 Å². The molecule has 1 aliphatic heterocycles. The minimum atomic E-state index is -0.206. The van der Waals surface area contributed by atoms with Crippen LogP contribution >= 0.6 is 0 Å².